The zero-order chi connectivity index (χ0) is 15.7. The molecule has 1 fully saturated rings. The second-order valence-corrected chi connectivity index (χ2v) is 6.90. The van der Waals surface area contributed by atoms with Crippen molar-refractivity contribution in [2.45, 2.75) is 37.3 Å². The molecule has 0 aliphatic carbocycles. The van der Waals surface area contributed by atoms with Crippen LogP contribution in [0.25, 0.3) is 11.4 Å². The van der Waals surface area contributed by atoms with Gasteiger partial charge < -0.3 is 10.3 Å². The minimum absolute atomic E-state index is 0. The van der Waals surface area contributed by atoms with Gasteiger partial charge in [0.2, 0.25) is 11.7 Å². The van der Waals surface area contributed by atoms with Gasteiger partial charge in [-0.25, -0.2) is 5.43 Å². The summed E-state index contributed by atoms with van der Waals surface area (Å²) in [6.45, 7) is 4.87. The van der Waals surface area contributed by atoms with Crippen LogP contribution >= 0.6 is 28.3 Å². The molecule has 3 atom stereocenters. The molecule has 3 rings (SSSR count). The smallest absolute Gasteiger partial charge is 0.246 e. The lowest BCUT2D eigenvalue weighted by molar-refractivity contribution is 0.342. The Balaban J connectivity index is 0.00000192. The fourth-order valence-corrected chi connectivity index (χ4v) is 3.65. The molecule has 1 aliphatic heterocycles. The summed E-state index contributed by atoms with van der Waals surface area (Å²) in [7, 11) is 0. The summed E-state index contributed by atoms with van der Waals surface area (Å²) in [4.78, 5) is 4.72. The first-order chi connectivity index (χ1) is 10.6. The van der Waals surface area contributed by atoms with Crippen LogP contribution in [0.15, 0.2) is 28.8 Å². The molecule has 1 aromatic heterocycles. The molecular weight excluding hydrogens is 382 g/mol. The Morgan fingerprint density at radius 3 is 2.52 bits per heavy atom. The van der Waals surface area contributed by atoms with Gasteiger partial charge in [-0.15, -0.1) is 12.4 Å². The molecule has 6 nitrogen and oxygen atoms in total. The van der Waals surface area contributed by atoms with Crippen LogP contribution in [0.1, 0.15) is 31.3 Å². The van der Waals surface area contributed by atoms with Gasteiger partial charge in [0.15, 0.2) is 0 Å². The number of benzene rings is 1. The number of hydrogen-bond acceptors (Lipinski definition) is 6. The van der Waals surface area contributed by atoms with Crippen molar-refractivity contribution in [3.05, 3.63) is 35.7 Å². The van der Waals surface area contributed by atoms with Crippen LogP contribution in [0.4, 0.5) is 0 Å². The lowest BCUT2D eigenvalue weighted by Gasteiger charge is -2.18. The van der Waals surface area contributed by atoms with Crippen LogP contribution < -0.4 is 16.6 Å². The Morgan fingerprint density at radius 1 is 1.26 bits per heavy atom. The van der Waals surface area contributed by atoms with Gasteiger partial charge in [0.05, 0.1) is 4.83 Å². The Labute approximate surface area is 150 Å². The largest absolute Gasteiger partial charge is 0.337 e. The van der Waals surface area contributed by atoms with Gasteiger partial charge in [0.1, 0.15) is 6.04 Å². The van der Waals surface area contributed by atoms with E-state index >= 15 is 0 Å². The maximum atomic E-state index is 5.61. The molecule has 0 amide bonds. The molecule has 0 saturated carbocycles. The number of hydrogen-bond donors (Lipinski definition) is 3. The van der Waals surface area contributed by atoms with E-state index in [-0.39, 0.29) is 23.3 Å². The number of nitrogens with two attached hydrogens (primary N) is 1. The van der Waals surface area contributed by atoms with Gasteiger partial charge in [0.25, 0.3) is 0 Å². The quantitative estimate of drug-likeness (QED) is 0.681. The van der Waals surface area contributed by atoms with Crippen molar-refractivity contribution in [2.24, 2.45) is 11.7 Å². The number of aromatic nitrogens is 2. The molecule has 1 aromatic carbocycles. The number of halogens is 2. The number of nitrogens with zero attached hydrogens (tertiary/aromatic N) is 2. The van der Waals surface area contributed by atoms with E-state index in [1.54, 1.807) is 0 Å². The highest BCUT2D eigenvalue weighted by atomic mass is 79.9. The zero-order valence-electron chi connectivity index (χ0n) is 13.0. The maximum Gasteiger partial charge on any atom is 0.246 e. The van der Waals surface area contributed by atoms with E-state index in [1.807, 2.05) is 24.3 Å². The molecule has 4 N–H and O–H groups in total. The predicted octanol–water partition coefficient (Wildman–Crippen LogP) is 2.55. The summed E-state index contributed by atoms with van der Waals surface area (Å²) >= 11 is 3.73. The van der Waals surface area contributed by atoms with Gasteiger partial charge in [0, 0.05) is 18.2 Å². The number of rotatable bonds is 4. The molecule has 0 radical (unpaired) electrons. The van der Waals surface area contributed by atoms with Crippen molar-refractivity contribution in [1.82, 2.24) is 21.0 Å². The van der Waals surface area contributed by atoms with E-state index in [4.69, 9.17) is 10.3 Å². The summed E-state index contributed by atoms with van der Waals surface area (Å²) < 4.78 is 5.44. The van der Waals surface area contributed by atoms with Gasteiger partial charge in [-0.2, -0.15) is 4.98 Å². The first-order valence-electron chi connectivity index (χ1n) is 7.38. The maximum absolute atomic E-state index is 5.61. The molecule has 1 aliphatic rings. The molecule has 0 spiro atoms. The third-order valence-electron chi connectivity index (χ3n) is 3.94. The molecular formula is C15H21BrClN5O. The lowest BCUT2D eigenvalue weighted by Crippen LogP contribution is -2.36. The third kappa shape index (κ3) is 3.75. The summed E-state index contributed by atoms with van der Waals surface area (Å²) in [5.41, 5.74) is 14.1. The topological polar surface area (TPSA) is 89.0 Å². The highest BCUT2D eigenvalue weighted by Gasteiger charge is 2.39. The Morgan fingerprint density at radius 2 is 1.96 bits per heavy atom. The molecule has 126 valence electrons. The first-order valence-corrected chi connectivity index (χ1v) is 8.30. The third-order valence-corrected chi connectivity index (χ3v) is 5.04. The van der Waals surface area contributed by atoms with E-state index in [1.165, 1.54) is 0 Å². The fourth-order valence-electron chi connectivity index (χ4n) is 2.55. The van der Waals surface area contributed by atoms with E-state index < -0.39 is 0 Å². The second kappa shape index (κ2) is 7.72. The van der Waals surface area contributed by atoms with Gasteiger partial charge >= 0.3 is 0 Å². The SMILES string of the molecule is CC(C)C1NNC(c2nc(-c3ccc(CN)cc3)no2)C1Br.Cl. The van der Waals surface area contributed by atoms with Crippen molar-refractivity contribution in [3.8, 4) is 11.4 Å². The number of alkyl halides is 1. The van der Waals surface area contributed by atoms with Crippen molar-refractivity contribution in [1.29, 1.82) is 0 Å². The van der Waals surface area contributed by atoms with Crippen LogP contribution in [-0.4, -0.2) is 21.0 Å². The average molecular weight is 403 g/mol. The minimum Gasteiger partial charge on any atom is -0.337 e. The summed E-state index contributed by atoms with van der Waals surface area (Å²) in [5.74, 6) is 1.66. The Kier molecular flexibility index (Phi) is 6.16. The molecule has 3 unspecified atom stereocenters. The molecule has 1 saturated heterocycles. The van der Waals surface area contributed by atoms with E-state index in [0.29, 0.717) is 30.2 Å². The van der Waals surface area contributed by atoms with Crippen LogP contribution in [0.3, 0.4) is 0 Å². The van der Waals surface area contributed by atoms with Crippen molar-refractivity contribution >= 4 is 28.3 Å². The number of hydrazine groups is 1. The van der Waals surface area contributed by atoms with Crippen LogP contribution in [0, 0.1) is 5.92 Å². The van der Waals surface area contributed by atoms with Gasteiger partial charge in [-0.1, -0.05) is 59.2 Å². The van der Waals surface area contributed by atoms with Crippen LogP contribution in [0.5, 0.6) is 0 Å². The van der Waals surface area contributed by atoms with E-state index in [2.05, 4.69) is 50.8 Å². The summed E-state index contributed by atoms with van der Waals surface area (Å²) in [6, 6.07) is 8.13. The molecule has 2 heterocycles. The molecule has 2 aromatic rings. The van der Waals surface area contributed by atoms with Gasteiger partial charge in [-0.05, 0) is 11.5 Å². The number of nitrogens with one attached hydrogen (secondary N) is 2. The monoisotopic (exact) mass is 401 g/mol. The van der Waals surface area contributed by atoms with E-state index in [0.717, 1.165) is 11.1 Å². The first kappa shape index (κ1) is 18.4. The molecule has 23 heavy (non-hydrogen) atoms. The van der Waals surface area contributed by atoms with Crippen LogP contribution in [-0.2, 0) is 6.54 Å². The van der Waals surface area contributed by atoms with Crippen molar-refractivity contribution in [2.75, 3.05) is 0 Å². The fraction of sp³-hybridized carbons (Fsp3) is 0.467. The van der Waals surface area contributed by atoms with Gasteiger partial charge in [-0.3, -0.25) is 5.43 Å². The van der Waals surface area contributed by atoms with Crippen molar-refractivity contribution < 1.29 is 4.52 Å². The Hall–Kier alpha value is -0.990. The molecule has 8 heteroatoms. The predicted molar refractivity (Wildman–Crippen MR) is 95.2 cm³/mol. The highest BCUT2D eigenvalue weighted by Crippen LogP contribution is 2.31. The highest BCUT2D eigenvalue weighted by molar-refractivity contribution is 9.09. The minimum atomic E-state index is -0.0445. The lowest BCUT2D eigenvalue weighted by atomic mass is 9.99. The molecule has 0 bridgehead atoms. The summed E-state index contributed by atoms with van der Waals surface area (Å²) in [5, 5.41) is 4.08. The normalized spacial score (nSPS) is 24.0. The van der Waals surface area contributed by atoms with E-state index in [9.17, 15) is 0 Å². The average Bonchev–Trinajstić information content (AvgIpc) is 3.13. The standard InChI is InChI=1S/C15H20BrN5O.ClH/c1-8(2)12-11(16)13(20-19-12)15-18-14(21-22-15)10-5-3-9(7-17)4-6-10;/h3-6,8,11-13,19-20H,7,17H2,1-2H3;1H. The second-order valence-electron chi connectivity index (χ2n) is 5.84. The summed E-state index contributed by atoms with van der Waals surface area (Å²) in [6.07, 6.45) is 0. The van der Waals surface area contributed by atoms with Crippen LogP contribution in [0.2, 0.25) is 0 Å². The zero-order valence-corrected chi connectivity index (χ0v) is 15.4. The van der Waals surface area contributed by atoms with Crippen molar-refractivity contribution in [3.63, 3.8) is 0 Å². The Bertz CT molecular complexity index is 633.